The topological polar surface area (TPSA) is 174 Å². The highest BCUT2D eigenvalue weighted by Gasteiger charge is 2.38. The maximum absolute atomic E-state index is 13.5. The Balaban J connectivity index is 1.84. The van der Waals surface area contributed by atoms with Crippen molar-refractivity contribution in [2.24, 2.45) is 22.2 Å². The summed E-state index contributed by atoms with van der Waals surface area (Å²) in [4.78, 5) is 58.5. The number of rotatable bonds is 26. The van der Waals surface area contributed by atoms with Gasteiger partial charge in [-0.2, -0.15) is 0 Å². The van der Waals surface area contributed by atoms with Crippen LogP contribution in [0.25, 0.3) is 0 Å². The Morgan fingerprint density at radius 1 is 0.917 bits per heavy atom. The molecule has 0 radical (unpaired) electrons. The number of nitrogens with one attached hydrogen (secondary N) is 1. The molecule has 4 atom stereocenters. The maximum Gasteiger partial charge on any atom is 0.243 e. The molecule has 1 aliphatic heterocycles. The van der Waals surface area contributed by atoms with Gasteiger partial charge in [0.25, 0.3) is 0 Å². The molecule has 2 amide bonds. The first-order chi connectivity index (χ1) is 23.1. The molecule has 0 saturated carbocycles. The summed E-state index contributed by atoms with van der Waals surface area (Å²) >= 11 is 6.51. The van der Waals surface area contributed by atoms with E-state index in [1.165, 1.54) is 62.7 Å². The van der Waals surface area contributed by atoms with Crippen LogP contribution in [0.5, 0.6) is 0 Å². The van der Waals surface area contributed by atoms with Crippen LogP contribution >= 0.6 is 11.6 Å². The third kappa shape index (κ3) is 16.4. The van der Waals surface area contributed by atoms with Crippen LogP contribution < -0.4 is 22.5 Å². The van der Waals surface area contributed by atoms with Gasteiger partial charge in [0.1, 0.15) is 17.2 Å². The molecule has 48 heavy (non-hydrogen) atoms. The average molecular weight is 689 g/mol. The molecule has 7 N–H and O–H groups in total. The molecule has 1 aliphatic rings. The molecule has 270 valence electrons. The Hall–Kier alpha value is -2.98. The summed E-state index contributed by atoms with van der Waals surface area (Å²) in [6.07, 6.45) is 17.0. The lowest BCUT2D eigenvalue weighted by molar-refractivity contribution is -0.140. The quantitative estimate of drug-likeness (QED) is 0.0441. The fraction of sp³-hybridized carbons (Fsp3) is 0.703. The smallest absolute Gasteiger partial charge is 0.243 e. The van der Waals surface area contributed by atoms with E-state index in [2.05, 4.69) is 17.2 Å². The first kappa shape index (κ1) is 41.2. The molecule has 1 aromatic carbocycles. The minimum absolute atomic E-state index is 0.0546. The van der Waals surface area contributed by atoms with Crippen LogP contribution in [0.15, 0.2) is 35.3 Å². The molecule has 1 aromatic rings. The SMILES string of the molecule is CCCCCCCCCCCCCCC(=O)CC(Cl)C(=O)[C@H](CCCN=C(N)N)NC(=O)[C@@H]1CCCN1C(=O)[C@@H](N)Cc1ccccc1. The molecule has 1 heterocycles. The van der Waals surface area contributed by atoms with Gasteiger partial charge in [-0.15, -0.1) is 11.6 Å². The van der Waals surface area contributed by atoms with E-state index in [1.54, 1.807) is 0 Å². The van der Waals surface area contributed by atoms with Crippen LogP contribution in [0.3, 0.4) is 0 Å². The fourth-order valence-corrected chi connectivity index (χ4v) is 6.64. The Morgan fingerprint density at radius 2 is 1.52 bits per heavy atom. The number of amides is 2. The number of unbranched alkanes of at least 4 members (excludes halogenated alkanes) is 11. The number of alkyl halides is 1. The molecule has 0 bridgehead atoms. The van der Waals surface area contributed by atoms with E-state index >= 15 is 0 Å². The van der Waals surface area contributed by atoms with E-state index in [4.69, 9.17) is 28.8 Å². The van der Waals surface area contributed by atoms with Gasteiger partial charge in [0.2, 0.25) is 11.8 Å². The zero-order valence-corrected chi connectivity index (χ0v) is 29.9. The van der Waals surface area contributed by atoms with E-state index < -0.39 is 35.2 Å². The van der Waals surface area contributed by atoms with Gasteiger partial charge in [-0.1, -0.05) is 108 Å². The third-order valence-electron chi connectivity index (χ3n) is 9.08. The average Bonchev–Trinajstić information content (AvgIpc) is 3.56. The van der Waals surface area contributed by atoms with Crippen LogP contribution in [0.2, 0.25) is 0 Å². The second-order valence-electron chi connectivity index (χ2n) is 13.2. The number of aliphatic imine (C=N–C) groups is 1. The minimum atomic E-state index is -1.07. The highest BCUT2D eigenvalue weighted by atomic mass is 35.5. The fourth-order valence-electron chi connectivity index (χ4n) is 6.31. The second kappa shape index (κ2) is 24.2. The second-order valence-corrected chi connectivity index (χ2v) is 13.8. The number of halogens is 1. The molecule has 1 saturated heterocycles. The highest BCUT2D eigenvalue weighted by Crippen LogP contribution is 2.21. The van der Waals surface area contributed by atoms with Crippen molar-refractivity contribution in [2.75, 3.05) is 13.1 Å². The van der Waals surface area contributed by atoms with Gasteiger partial charge >= 0.3 is 0 Å². The summed E-state index contributed by atoms with van der Waals surface area (Å²) in [6.45, 7) is 2.92. The number of carbonyl (C=O) groups is 4. The van der Waals surface area contributed by atoms with Crippen LogP contribution in [0.1, 0.15) is 128 Å². The van der Waals surface area contributed by atoms with Crippen molar-refractivity contribution in [3.8, 4) is 0 Å². The molecule has 2 rings (SSSR count). The maximum atomic E-state index is 13.5. The van der Waals surface area contributed by atoms with Gasteiger partial charge in [-0.3, -0.25) is 24.2 Å². The van der Waals surface area contributed by atoms with Crippen molar-refractivity contribution in [3.63, 3.8) is 0 Å². The highest BCUT2D eigenvalue weighted by molar-refractivity contribution is 6.33. The Bertz CT molecular complexity index is 1130. The van der Waals surface area contributed by atoms with Crippen molar-refractivity contribution in [1.82, 2.24) is 10.2 Å². The predicted molar refractivity (Wildman–Crippen MR) is 195 cm³/mol. The number of likely N-dealkylation sites (tertiary alicyclic amines) is 1. The van der Waals surface area contributed by atoms with Gasteiger partial charge in [0.15, 0.2) is 11.7 Å². The number of carbonyl (C=O) groups excluding carboxylic acids is 4. The third-order valence-corrected chi connectivity index (χ3v) is 9.45. The summed E-state index contributed by atoms with van der Waals surface area (Å²) in [6, 6.07) is 7.02. The number of guanidine groups is 1. The van der Waals surface area contributed by atoms with Crippen molar-refractivity contribution in [2.45, 2.75) is 152 Å². The molecule has 0 aromatic heterocycles. The Labute approximate surface area is 293 Å². The number of ketones is 2. The molecule has 11 heteroatoms. The van der Waals surface area contributed by atoms with E-state index in [-0.39, 0.29) is 37.0 Å². The lowest BCUT2D eigenvalue weighted by atomic mass is 9.98. The van der Waals surface area contributed by atoms with E-state index in [0.717, 1.165) is 24.8 Å². The first-order valence-electron chi connectivity index (χ1n) is 18.3. The van der Waals surface area contributed by atoms with Gasteiger partial charge in [-0.05, 0) is 44.1 Å². The summed E-state index contributed by atoms with van der Waals surface area (Å²) in [7, 11) is 0. The van der Waals surface area contributed by atoms with E-state index in [0.29, 0.717) is 38.6 Å². The summed E-state index contributed by atoms with van der Waals surface area (Å²) in [5.74, 6) is -1.27. The molecule has 0 aliphatic carbocycles. The van der Waals surface area contributed by atoms with Crippen LogP contribution in [0, 0.1) is 0 Å². The predicted octanol–water partition coefficient (Wildman–Crippen LogP) is 5.31. The molecular formula is C37H61ClN6O4. The zero-order chi connectivity index (χ0) is 35.1. The summed E-state index contributed by atoms with van der Waals surface area (Å²) < 4.78 is 0. The number of Topliss-reactive ketones (excluding diaryl/α,β-unsaturated/α-hetero) is 2. The number of benzene rings is 1. The van der Waals surface area contributed by atoms with Crippen LogP contribution in [-0.2, 0) is 25.6 Å². The molecule has 1 unspecified atom stereocenters. The lowest BCUT2D eigenvalue weighted by Crippen LogP contribution is -2.55. The molecule has 1 fully saturated rings. The number of nitrogens with two attached hydrogens (primary N) is 3. The molecule has 0 spiro atoms. The van der Waals surface area contributed by atoms with Crippen molar-refractivity contribution >= 4 is 40.9 Å². The largest absolute Gasteiger partial charge is 0.370 e. The normalized spacial score (nSPS) is 16.2. The van der Waals surface area contributed by atoms with E-state index in [9.17, 15) is 19.2 Å². The van der Waals surface area contributed by atoms with Gasteiger partial charge in [0.05, 0.1) is 12.1 Å². The molecule has 10 nitrogen and oxygen atoms in total. The Kier molecular flexibility index (Phi) is 20.8. The Morgan fingerprint density at radius 3 is 2.12 bits per heavy atom. The lowest BCUT2D eigenvalue weighted by Gasteiger charge is -2.28. The van der Waals surface area contributed by atoms with Crippen molar-refractivity contribution in [3.05, 3.63) is 35.9 Å². The van der Waals surface area contributed by atoms with Crippen LogP contribution in [-0.4, -0.2) is 70.8 Å². The van der Waals surface area contributed by atoms with Crippen molar-refractivity contribution in [1.29, 1.82) is 0 Å². The van der Waals surface area contributed by atoms with Crippen LogP contribution in [0.4, 0.5) is 0 Å². The number of nitrogens with zero attached hydrogens (tertiary/aromatic N) is 2. The van der Waals surface area contributed by atoms with E-state index in [1.807, 2.05) is 30.3 Å². The first-order valence-corrected chi connectivity index (χ1v) is 18.7. The summed E-state index contributed by atoms with van der Waals surface area (Å²) in [5.41, 5.74) is 18.1. The summed E-state index contributed by atoms with van der Waals surface area (Å²) in [5, 5.41) is 1.77. The standard InChI is InChI=1S/C37H61ClN6O4/c1-2-3-4-5-6-7-8-9-10-11-12-16-21-29(45)27-30(38)34(46)32(22-17-24-42-37(40)41)43-35(47)33-23-18-25-44(33)36(48)31(39)26-28-19-14-13-15-20-28/h13-15,19-20,30-33H,2-12,16-18,21-27,39H2,1H3,(H,43,47)(H4,40,41,42)/t30?,31-,32-,33-/m0/s1. The van der Waals surface area contributed by atoms with Crippen molar-refractivity contribution < 1.29 is 19.2 Å². The number of hydrogen-bond donors (Lipinski definition) is 4. The van der Waals surface area contributed by atoms with Gasteiger partial charge < -0.3 is 27.4 Å². The zero-order valence-electron chi connectivity index (χ0n) is 29.2. The van der Waals surface area contributed by atoms with Gasteiger partial charge in [-0.25, -0.2) is 0 Å². The monoisotopic (exact) mass is 688 g/mol. The van der Waals surface area contributed by atoms with Gasteiger partial charge in [0, 0.05) is 25.9 Å². The molecular weight excluding hydrogens is 628 g/mol. The minimum Gasteiger partial charge on any atom is -0.370 e. The number of hydrogen-bond acceptors (Lipinski definition) is 6.